The molecule has 7 unspecified atom stereocenters. The maximum Gasteiger partial charge on any atom is 0.313 e. The molecule has 1 amide bonds. The van der Waals surface area contributed by atoms with Crippen LogP contribution in [0.15, 0.2) is 81.6 Å². The molecule has 5 fully saturated rings. The quantitative estimate of drug-likeness (QED) is 0.0105. The lowest BCUT2D eigenvalue weighted by molar-refractivity contribution is -0.141. The van der Waals surface area contributed by atoms with Gasteiger partial charge >= 0.3 is 5.97 Å². The van der Waals surface area contributed by atoms with E-state index in [2.05, 4.69) is 55.1 Å². The number of fused-ring (bicyclic) bond motifs is 2. The first-order valence-electron chi connectivity index (χ1n) is 32.7. The average Bonchev–Trinajstić information content (AvgIpc) is 1.59. The first kappa shape index (κ1) is 71.5. The molecule has 4 N–H and O–H groups in total. The lowest BCUT2D eigenvalue weighted by Gasteiger charge is -2.47. The van der Waals surface area contributed by atoms with Crippen LogP contribution in [0.3, 0.4) is 0 Å². The fraction of sp³-hybridized carbons (Fsp3) is 0.712. The summed E-state index contributed by atoms with van der Waals surface area (Å²) in [5, 5.41) is 16.1. The van der Waals surface area contributed by atoms with Crippen molar-refractivity contribution in [1.82, 2.24) is 15.1 Å². The Hall–Kier alpha value is -5.38. The van der Waals surface area contributed by atoms with Crippen LogP contribution in [0, 0.1) is 22.7 Å². The van der Waals surface area contributed by atoms with Crippen molar-refractivity contribution in [2.24, 2.45) is 33.2 Å². The minimum absolute atomic E-state index is 0.0407. The predicted octanol–water partition coefficient (Wildman–Crippen LogP) is 9.11. The Labute approximate surface area is 532 Å². The van der Waals surface area contributed by atoms with Crippen molar-refractivity contribution in [3.63, 3.8) is 0 Å². The summed E-state index contributed by atoms with van der Waals surface area (Å²) in [6.07, 6.45) is 15.3. The summed E-state index contributed by atoms with van der Waals surface area (Å²) in [5.41, 5.74) is 1.80. The number of esters is 1. The zero-order chi connectivity index (χ0) is 64.4. The number of allylic oxidation sites excluding steroid dienone is 6. The van der Waals surface area contributed by atoms with E-state index in [0.29, 0.717) is 134 Å². The second-order valence-electron chi connectivity index (χ2n) is 24.5. The van der Waals surface area contributed by atoms with Crippen molar-refractivity contribution in [1.29, 1.82) is 5.41 Å². The molecule has 2 aliphatic heterocycles. The van der Waals surface area contributed by atoms with Crippen LogP contribution >= 0.6 is 0 Å². The van der Waals surface area contributed by atoms with Gasteiger partial charge in [0.05, 0.1) is 131 Å². The second-order valence-corrected chi connectivity index (χ2v) is 24.5. The lowest BCUT2D eigenvalue weighted by atomic mass is 9.76. The van der Waals surface area contributed by atoms with Crippen LogP contribution in [-0.2, 0) is 52.2 Å². The molecule has 508 valence electrons. The van der Waals surface area contributed by atoms with Crippen LogP contribution in [0.5, 0.6) is 11.5 Å². The fourth-order valence-electron chi connectivity index (χ4n) is 13.2. The van der Waals surface area contributed by atoms with E-state index >= 15 is 0 Å². The van der Waals surface area contributed by atoms with Gasteiger partial charge in [-0.1, -0.05) is 23.8 Å². The van der Waals surface area contributed by atoms with E-state index in [1.54, 1.807) is 0 Å². The number of ether oxygens (including phenoxy) is 11. The highest BCUT2D eigenvalue weighted by atomic mass is 19.3. The Bertz CT molecular complexity index is 2640. The van der Waals surface area contributed by atoms with Gasteiger partial charge in [-0.2, -0.15) is 5.10 Å². The Balaban J connectivity index is 0.578. The highest BCUT2D eigenvalue weighted by Gasteiger charge is 2.59. The molecule has 91 heavy (non-hydrogen) atoms. The van der Waals surface area contributed by atoms with E-state index in [1.165, 1.54) is 18.2 Å². The zero-order valence-electron chi connectivity index (χ0n) is 53.0. The third-order valence-corrected chi connectivity index (χ3v) is 18.3. The molecule has 2 saturated heterocycles. The second kappa shape index (κ2) is 36.9. The van der Waals surface area contributed by atoms with Gasteiger partial charge in [-0.3, -0.25) is 24.9 Å². The number of amides is 1. The number of nitrogens with two attached hydrogens (primary N) is 1. The molecule has 1 aromatic carbocycles. The molecule has 2 bridgehead atoms. The number of nitrogens with zero attached hydrogens (tertiary/aromatic N) is 4. The number of carbonyl (C=O) groups is 2. The van der Waals surface area contributed by atoms with Crippen LogP contribution in [0.2, 0.25) is 0 Å². The molecule has 1 aromatic rings. The largest absolute Gasteiger partial charge is 0.491 e. The number of aliphatic imine (C=N–C) groups is 1. The highest BCUT2D eigenvalue weighted by Crippen LogP contribution is 2.58. The number of carbonyl (C=O) groups excluding carboxylic acids is 2. The normalized spacial score (nSPS) is 25.9. The summed E-state index contributed by atoms with van der Waals surface area (Å²) in [5.74, 6) is 0.883. The molecular formula is C66H96F5N7O13. The number of hydrazone groups is 1. The average molecular weight is 1290 g/mol. The monoisotopic (exact) mass is 1290 g/mol. The summed E-state index contributed by atoms with van der Waals surface area (Å²) in [4.78, 5) is 34.6. The van der Waals surface area contributed by atoms with E-state index in [0.717, 1.165) is 69.4 Å². The molecule has 0 aromatic heterocycles. The molecular weight excluding hydrogens is 1190 g/mol. The molecule has 0 spiro atoms. The van der Waals surface area contributed by atoms with E-state index in [4.69, 9.17) is 58.6 Å². The van der Waals surface area contributed by atoms with Crippen LogP contribution < -0.4 is 20.6 Å². The first-order chi connectivity index (χ1) is 44.1. The smallest absolute Gasteiger partial charge is 0.313 e. The summed E-state index contributed by atoms with van der Waals surface area (Å²) in [6, 6.07) is 9.17. The first-order valence-corrected chi connectivity index (χ1v) is 32.7. The van der Waals surface area contributed by atoms with Crippen LogP contribution in [0.4, 0.5) is 22.0 Å². The molecule has 25 heteroatoms. The van der Waals surface area contributed by atoms with Crippen LogP contribution in [0.25, 0.3) is 0 Å². The maximum atomic E-state index is 13.9. The van der Waals surface area contributed by atoms with Crippen LogP contribution in [-0.4, -0.2) is 213 Å². The van der Waals surface area contributed by atoms with E-state index in [1.807, 2.05) is 31.2 Å². The molecule has 8 rings (SSSR count). The van der Waals surface area contributed by atoms with Crippen molar-refractivity contribution in [3.05, 3.63) is 71.6 Å². The lowest BCUT2D eigenvalue weighted by Crippen LogP contribution is -2.55. The Morgan fingerprint density at radius 2 is 1.44 bits per heavy atom. The Kier molecular flexibility index (Phi) is 29.0. The molecule has 0 radical (unpaired) electrons. The Morgan fingerprint density at radius 1 is 0.824 bits per heavy atom. The minimum Gasteiger partial charge on any atom is -0.491 e. The minimum atomic E-state index is -2.65. The van der Waals surface area contributed by atoms with Crippen molar-refractivity contribution in [3.8, 4) is 11.5 Å². The van der Waals surface area contributed by atoms with Crippen molar-refractivity contribution in [2.45, 2.75) is 159 Å². The predicted molar refractivity (Wildman–Crippen MR) is 332 cm³/mol. The van der Waals surface area contributed by atoms with Gasteiger partial charge in [0.1, 0.15) is 35.8 Å². The molecule has 7 atom stereocenters. The Morgan fingerprint density at radius 3 is 2.05 bits per heavy atom. The number of benzene rings is 1. The summed E-state index contributed by atoms with van der Waals surface area (Å²) in [6.45, 7) is 11.1. The van der Waals surface area contributed by atoms with Gasteiger partial charge in [0, 0.05) is 67.0 Å². The third-order valence-electron chi connectivity index (χ3n) is 18.3. The number of amidine groups is 1. The molecule has 7 aliphatic rings. The molecule has 5 aliphatic carbocycles. The van der Waals surface area contributed by atoms with Gasteiger partial charge in [0.25, 0.3) is 0 Å². The zero-order valence-corrected chi connectivity index (χ0v) is 53.0. The van der Waals surface area contributed by atoms with E-state index in [-0.39, 0.29) is 94.0 Å². The summed E-state index contributed by atoms with van der Waals surface area (Å²) in [7, 11) is 0. The fourth-order valence-corrected chi connectivity index (χ4v) is 13.2. The topological polar surface area (TPSA) is 229 Å². The standard InChI is InChI=1S/C66H96F5N7O13/c1-46(78(47(2)72)60-42-53-8-13-59(60)77(53)21-19-65(50-6-4-3-5-7-50)43-61(65)75-64(80)48-14-17-66(70,71)18-15-48)49-38-56(39-49)90-55-11-9-54(10-12-55)89-37-36-87-33-32-85-30-31-86-34-35-88-45-52(76-73)44-74-20-23-82-25-27-84-29-28-83-26-24-81-22-16-62(79)91-63-57(68)40-51(67)41-58(63)69/h3-4,6,9-12,40,44,46,48-49,51,53,56,59-61,72H,5,7-8,13-39,41-43,45,73H2,1-2H3,(H,75,80)/b72-47?,74-44?,76-52+. The molecule has 3 saturated carbocycles. The SMILES string of the molecule is CC(=N)N(C(C)C1CC(Oc2ccc(OCCOCCOCCOCCOC/C(C=NCCOCCOCCOCCOCCC(=O)OC3=C(F)CC(F)C=C3F)=N/N)cc2)C1)C1CC2CCC1N2CCC1(C2=CC=CCC2)CC1NC(=O)C1CCC(F)(F)CC1. The van der Waals surface area contributed by atoms with Gasteiger partial charge in [0.15, 0.2) is 11.6 Å². The number of hydrogen-bond acceptors (Lipinski definition) is 18. The number of nitrogens with one attached hydrogen (secondary N) is 2. The van der Waals surface area contributed by atoms with Gasteiger partial charge < -0.3 is 68.2 Å². The number of alkyl halides is 3. The van der Waals surface area contributed by atoms with Gasteiger partial charge in [0.2, 0.25) is 11.8 Å². The van der Waals surface area contributed by atoms with Crippen molar-refractivity contribution >= 4 is 29.6 Å². The maximum absolute atomic E-state index is 13.9. The van der Waals surface area contributed by atoms with Gasteiger partial charge in [-0.05, 0) is 127 Å². The van der Waals surface area contributed by atoms with Crippen LogP contribution in [0.1, 0.15) is 110 Å². The molecule has 2 heterocycles. The van der Waals surface area contributed by atoms with Gasteiger partial charge in [-0.25, -0.2) is 22.0 Å². The van der Waals surface area contributed by atoms with Crippen molar-refractivity contribution in [2.75, 3.05) is 125 Å². The van der Waals surface area contributed by atoms with E-state index < -0.39 is 41.9 Å². The molecule has 20 nitrogen and oxygen atoms in total. The summed E-state index contributed by atoms with van der Waals surface area (Å²) < 4.78 is 129. The summed E-state index contributed by atoms with van der Waals surface area (Å²) >= 11 is 0. The highest BCUT2D eigenvalue weighted by molar-refractivity contribution is 6.31. The third kappa shape index (κ3) is 22.4. The number of hydrogen-bond donors (Lipinski definition) is 3. The van der Waals surface area contributed by atoms with Crippen molar-refractivity contribution < 1.29 is 83.6 Å². The van der Waals surface area contributed by atoms with E-state index in [9.17, 15) is 31.5 Å². The van der Waals surface area contributed by atoms with Gasteiger partial charge in [-0.15, -0.1) is 0 Å². The number of halogens is 5. The number of rotatable bonds is 43.